The Labute approximate surface area is 91.5 Å². The average Bonchev–Trinajstić information content (AvgIpc) is 2.94. The van der Waals surface area contributed by atoms with Crippen molar-refractivity contribution >= 4 is 5.91 Å². The summed E-state index contributed by atoms with van der Waals surface area (Å²) in [6.45, 7) is 7.10. The Bertz CT molecular complexity index is 275. The van der Waals surface area contributed by atoms with Crippen LogP contribution >= 0.6 is 0 Å². The highest BCUT2D eigenvalue weighted by molar-refractivity contribution is 5.83. The Hall–Kier alpha value is -0.570. The van der Waals surface area contributed by atoms with Crippen molar-refractivity contribution in [2.24, 2.45) is 11.3 Å². The normalized spacial score (nSPS) is 24.9. The number of likely N-dealkylation sites (tertiary alicyclic amines) is 1. The zero-order chi connectivity index (χ0) is 11.3. The largest absolute Gasteiger partial charge is 0.386 e. The van der Waals surface area contributed by atoms with Crippen LogP contribution in [0.1, 0.15) is 40.0 Å². The topological polar surface area (TPSA) is 40.5 Å². The summed E-state index contributed by atoms with van der Waals surface area (Å²) in [5.74, 6) is 0.654. The van der Waals surface area contributed by atoms with E-state index in [9.17, 15) is 9.90 Å². The molecule has 2 aliphatic rings. The van der Waals surface area contributed by atoms with Crippen molar-refractivity contribution < 1.29 is 9.90 Å². The van der Waals surface area contributed by atoms with Gasteiger partial charge < -0.3 is 10.0 Å². The van der Waals surface area contributed by atoms with E-state index in [4.69, 9.17) is 0 Å². The molecule has 1 N–H and O–H groups in total. The van der Waals surface area contributed by atoms with Gasteiger partial charge in [-0.15, -0.1) is 0 Å². The number of carbonyl (C=O) groups is 1. The molecule has 0 aromatic heterocycles. The van der Waals surface area contributed by atoms with Crippen LogP contribution in [0.2, 0.25) is 0 Å². The average molecular weight is 211 g/mol. The van der Waals surface area contributed by atoms with Crippen LogP contribution in [-0.2, 0) is 4.79 Å². The number of amides is 1. The number of β-amino-alcohol motifs (C(OH)–C–C–N with tert-alkyl or cyclic N) is 1. The van der Waals surface area contributed by atoms with Gasteiger partial charge in [0, 0.05) is 5.41 Å². The summed E-state index contributed by atoms with van der Waals surface area (Å²) in [7, 11) is 0. The van der Waals surface area contributed by atoms with Gasteiger partial charge in [-0.05, 0) is 25.2 Å². The second-order valence-electron chi connectivity index (χ2n) is 5.78. The number of hydrogen-bond acceptors (Lipinski definition) is 2. The third-order valence-corrected chi connectivity index (χ3v) is 4.02. The summed E-state index contributed by atoms with van der Waals surface area (Å²) >= 11 is 0. The van der Waals surface area contributed by atoms with Gasteiger partial charge in [-0.25, -0.2) is 0 Å². The molecule has 3 heteroatoms. The molecule has 0 atom stereocenters. The van der Waals surface area contributed by atoms with Crippen molar-refractivity contribution in [3.63, 3.8) is 0 Å². The highest BCUT2D eigenvalue weighted by Crippen LogP contribution is 2.45. The second-order valence-corrected chi connectivity index (χ2v) is 5.78. The molecule has 1 amide bonds. The van der Waals surface area contributed by atoms with Crippen LogP contribution in [0.4, 0.5) is 0 Å². The lowest BCUT2D eigenvalue weighted by atomic mass is 9.82. The molecule has 2 fully saturated rings. The Morgan fingerprint density at radius 1 is 1.47 bits per heavy atom. The van der Waals surface area contributed by atoms with Gasteiger partial charge in [0.1, 0.15) is 5.60 Å². The smallest absolute Gasteiger partial charge is 0.228 e. The summed E-state index contributed by atoms with van der Waals surface area (Å²) < 4.78 is 0. The molecule has 0 bridgehead atoms. The van der Waals surface area contributed by atoms with E-state index in [0.29, 0.717) is 19.0 Å². The van der Waals surface area contributed by atoms with E-state index in [2.05, 4.69) is 0 Å². The van der Waals surface area contributed by atoms with Crippen LogP contribution in [0, 0.1) is 11.3 Å². The third-order valence-electron chi connectivity index (χ3n) is 4.02. The van der Waals surface area contributed by atoms with Crippen LogP contribution in [-0.4, -0.2) is 34.6 Å². The van der Waals surface area contributed by atoms with Crippen LogP contribution < -0.4 is 0 Å². The predicted octanol–water partition coefficient (Wildman–Crippen LogP) is 1.41. The number of rotatable bonds is 3. The van der Waals surface area contributed by atoms with Crippen LogP contribution in [0.25, 0.3) is 0 Å². The van der Waals surface area contributed by atoms with E-state index in [1.807, 2.05) is 25.7 Å². The first-order valence-corrected chi connectivity index (χ1v) is 5.91. The molecular formula is C12H21NO2. The molecule has 3 nitrogen and oxygen atoms in total. The number of nitrogens with zero attached hydrogens (tertiary/aromatic N) is 1. The SMILES string of the molecule is CCC(C)(C)C(=O)N1CC(O)(C2CC2)C1. The highest BCUT2D eigenvalue weighted by atomic mass is 16.3. The number of hydrogen-bond donors (Lipinski definition) is 1. The quantitative estimate of drug-likeness (QED) is 0.766. The van der Waals surface area contributed by atoms with Crippen molar-refractivity contribution in [3.05, 3.63) is 0 Å². The summed E-state index contributed by atoms with van der Waals surface area (Å²) in [6.07, 6.45) is 3.12. The van der Waals surface area contributed by atoms with Gasteiger partial charge in [-0.2, -0.15) is 0 Å². The van der Waals surface area contributed by atoms with Crippen molar-refractivity contribution in [1.82, 2.24) is 4.90 Å². The fourth-order valence-electron chi connectivity index (χ4n) is 2.22. The van der Waals surface area contributed by atoms with Gasteiger partial charge in [0.2, 0.25) is 5.91 Å². The maximum Gasteiger partial charge on any atom is 0.228 e. The molecular weight excluding hydrogens is 190 g/mol. The molecule has 1 aliphatic heterocycles. The first kappa shape index (κ1) is 10.9. The van der Waals surface area contributed by atoms with E-state index in [1.165, 1.54) is 0 Å². The van der Waals surface area contributed by atoms with Gasteiger partial charge in [0.15, 0.2) is 0 Å². The summed E-state index contributed by atoms with van der Waals surface area (Å²) in [5.41, 5.74) is -0.815. The zero-order valence-corrected chi connectivity index (χ0v) is 9.92. The summed E-state index contributed by atoms with van der Waals surface area (Å²) in [4.78, 5) is 13.8. The fourth-order valence-corrected chi connectivity index (χ4v) is 2.22. The van der Waals surface area contributed by atoms with Crippen molar-refractivity contribution in [2.75, 3.05) is 13.1 Å². The molecule has 1 heterocycles. The lowest BCUT2D eigenvalue weighted by Crippen LogP contribution is -2.66. The fraction of sp³-hybridized carbons (Fsp3) is 0.917. The third kappa shape index (κ3) is 1.78. The monoisotopic (exact) mass is 211 g/mol. The molecule has 1 aliphatic carbocycles. The minimum Gasteiger partial charge on any atom is -0.386 e. The number of carbonyl (C=O) groups excluding carboxylic acids is 1. The van der Waals surface area contributed by atoms with E-state index in [0.717, 1.165) is 19.3 Å². The van der Waals surface area contributed by atoms with Crippen LogP contribution in [0.5, 0.6) is 0 Å². The Kier molecular flexibility index (Phi) is 2.34. The van der Waals surface area contributed by atoms with Crippen molar-refractivity contribution in [3.8, 4) is 0 Å². The molecule has 1 saturated heterocycles. The van der Waals surface area contributed by atoms with Gasteiger partial charge in [-0.1, -0.05) is 20.8 Å². The van der Waals surface area contributed by atoms with Crippen molar-refractivity contribution in [1.29, 1.82) is 0 Å². The first-order chi connectivity index (χ1) is 6.89. The minimum atomic E-state index is -0.542. The van der Waals surface area contributed by atoms with Crippen LogP contribution in [0.15, 0.2) is 0 Å². The molecule has 0 radical (unpaired) electrons. The Morgan fingerprint density at radius 2 is 2.00 bits per heavy atom. The van der Waals surface area contributed by atoms with E-state index in [1.54, 1.807) is 0 Å². The van der Waals surface area contributed by atoms with Gasteiger partial charge >= 0.3 is 0 Å². The van der Waals surface area contributed by atoms with E-state index in [-0.39, 0.29) is 11.3 Å². The molecule has 1 saturated carbocycles. The van der Waals surface area contributed by atoms with Gasteiger partial charge in [0.25, 0.3) is 0 Å². The molecule has 0 spiro atoms. The van der Waals surface area contributed by atoms with Gasteiger partial charge in [0.05, 0.1) is 13.1 Å². The lowest BCUT2D eigenvalue weighted by molar-refractivity contribution is -0.168. The molecule has 0 aromatic carbocycles. The standard InChI is InChI=1S/C12H21NO2/c1-4-11(2,3)10(14)13-7-12(15,8-13)9-5-6-9/h9,15H,4-8H2,1-3H3. The highest BCUT2D eigenvalue weighted by Gasteiger charge is 2.54. The predicted molar refractivity (Wildman–Crippen MR) is 58.3 cm³/mol. The van der Waals surface area contributed by atoms with E-state index < -0.39 is 5.60 Å². The molecule has 15 heavy (non-hydrogen) atoms. The van der Waals surface area contributed by atoms with Crippen LogP contribution in [0.3, 0.4) is 0 Å². The summed E-state index contributed by atoms with van der Waals surface area (Å²) in [6, 6.07) is 0. The van der Waals surface area contributed by atoms with E-state index >= 15 is 0 Å². The molecule has 0 unspecified atom stereocenters. The molecule has 86 valence electrons. The lowest BCUT2D eigenvalue weighted by Gasteiger charge is -2.49. The summed E-state index contributed by atoms with van der Waals surface area (Å²) in [5, 5.41) is 10.1. The molecule has 0 aromatic rings. The number of aliphatic hydroxyl groups is 1. The van der Waals surface area contributed by atoms with Gasteiger partial charge in [-0.3, -0.25) is 4.79 Å². The second kappa shape index (κ2) is 3.21. The Morgan fingerprint density at radius 3 is 2.40 bits per heavy atom. The maximum atomic E-state index is 12.0. The Balaban J connectivity index is 1.91. The molecule has 2 rings (SSSR count). The zero-order valence-electron chi connectivity index (χ0n) is 9.92. The van der Waals surface area contributed by atoms with Crippen molar-refractivity contribution in [2.45, 2.75) is 45.6 Å². The maximum absolute atomic E-state index is 12.0. The minimum absolute atomic E-state index is 0.190. The first-order valence-electron chi connectivity index (χ1n) is 5.91.